The summed E-state index contributed by atoms with van der Waals surface area (Å²) in [6.45, 7) is 0.133. The number of rotatable bonds is 3. The molecular weight excluding hydrogens is 188 g/mol. The summed E-state index contributed by atoms with van der Waals surface area (Å²) < 4.78 is 1.61. The molecular formula is C7H8N4OS. The van der Waals surface area contributed by atoms with Gasteiger partial charge in [0.15, 0.2) is 0 Å². The largest absolute Gasteiger partial charge is 0.396 e. The van der Waals surface area contributed by atoms with Gasteiger partial charge in [-0.05, 0) is 6.07 Å². The molecule has 5 nitrogen and oxygen atoms in total. The molecule has 0 saturated carbocycles. The summed E-state index contributed by atoms with van der Waals surface area (Å²) in [5.41, 5.74) is 0. The highest BCUT2D eigenvalue weighted by Gasteiger charge is 2.02. The van der Waals surface area contributed by atoms with E-state index >= 15 is 0 Å². The molecule has 0 radical (unpaired) electrons. The van der Waals surface area contributed by atoms with Crippen molar-refractivity contribution in [2.75, 3.05) is 12.4 Å². The molecule has 13 heavy (non-hydrogen) atoms. The summed E-state index contributed by atoms with van der Waals surface area (Å²) in [6.07, 6.45) is 3.46. The fraction of sp³-hybridized carbons (Fsp3) is 0.286. The van der Waals surface area contributed by atoms with Crippen molar-refractivity contribution < 1.29 is 5.11 Å². The second-order valence-electron chi connectivity index (χ2n) is 2.33. The highest BCUT2D eigenvalue weighted by atomic mass is 32.2. The Kier molecular flexibility index (Phi) is 2.42. The van der Waals surface area contributed by atoms with Crippen molar-refractivity contribution in [2.24, 2.45) is 0 Å². The number of nitrogens with zero attached hydrogens (tertiary/aromatic N) is 4. The highest BCUT2D eigenvalue weighted by Crippen LogP contribution is 2.11. The number of hydrogen-bond donors (Lipinski definition) is 1. The van der Waals surface area contributed by atoms with Crippen LogP contribution in [-0.2, 0) is 0 Å². The number of fused-ring (bicyclic) bond motifs is 1. The van der Waals surface area contributed by atoms with E-state index in [1.165, 1.54) is 11.8 Å². The van der Waals surface area contributed by atoms with Crippen LogP contribution in [-0.4, -0.2) is 37.0 Å². The lowest BCUT2D eigenvalue weighted by atomic mass is 10.7. The maximum absolute atomic E-state index is 8.60. The predicted molar refractivity (Wildman–Crippen MR) is 48.6 cm³/mol. The molecule has 6 heteroatoms. The smallest absolute Gasteiger partial charge is 0.253 e. The first-order valence-electron chi connectivity index (χ1n) is 3.81. The lowest BCUT2D eigenvalue weighted by Crippen LogP contribution is -1.88. The van der Waals surface area contributed by atoms with E-state index in [-0.39, 0.29) is 6.61 Å². The Labute approximate surface area is 78.8 Å². The lowest BCUT2D eigenvalue weighted by Gasteiger charge is -1.87. The zero-order valence-electron chi connectivity index (χ0n) is 6.79. The molecule has 2 aromatic rings. The Morgan fingerprint density at radius 3 is 3.23 bits per heavy atom. The van der Waals surface area contributed by atoms with Gasteiger partial charge >= 0.3 is 0 Å². The topological polar surface area (TPSA) is 63.3 Å². The monoisotopic (exact) mass is 196 g/mol. The second-order valence-corrected chi connectivity index (χ2v) is 3.39. The van der Waals surface area contributed by atoms with Gasteiger partial charge in [-0.3, -0.25) is 0 Å². The number of hydrogen-bond acceptors (Lipinski definition) is 5. The van der Waals surface area contributed by atoms with Crippen molar-refractivity contribution in [3.63, 3.8) is 0 Å². The van der Waals surface area contributed by atoms with Crippen molar-refractivity contribution in [3.8, 4) is 0 Å². The van der Waals surface area contributed by atoms with Crippen LogP contribution < -0.4 is 0 Å². The first-order valence-corrected chi connectivity index (χ1v) is 4.80. The van der Waals surface area contributed by atoms with Crippen LogP contribution in [0, 0.1) is 0 Å². The normalized spacial score (nSPS) is 10.8. The van der Waals surface area contributed by atoms with Gasteiger partial charge in [-0.15, -0.1) is 5.10 Å². The van der Waals surface area contributed by atoms with Crippen molar-refractivity contribution in [1.82, 2.24) is 19.6 Å². The van der Waals surface area contributed by atoms with E-state index in [2.05, 4.69) is 15.1 Å². The number of aromatic nitrogens is 4. The first kappa shape index (κ1) is 8.46. The van der Waals surface area contributed by atoms with E-state index < -0.39 is 0 Å². The zero-order valence-corrected chi connectivity index (χ0v) is 7.61. The van der Waals surface area contributed by atoms with E-state index in [0.29, 0.717) is 16.7 Å². The van der Waals surface area contributed by atoms with Gasteiger partial charge < -0.3 is 5.11 Å². The Morgan fingerprint density at radius 1 is 1.54 bits per heavy atom. The molecule has 0 aromatic carbocycles. The van der Waals surface area contributed by atoms with Gasteiger partial charge in [0.25, 0.3) is 5.78 Å². The lowest BCUT2D eigenvalue weighted by molar-refractivity contribution is 0.322. The molecule has 0 aliphatic carbocycles. The van der Waals surface area contributed by atoms with Crippen LogP contribution in [0.15, 0.2) is 23.6 Å². The third-order valence-corrected chi connectivity index (χ3v) is 2.24. The summed E-state index contributed by atoms with van der Waals surface area (Å²) in [6, 6.07) is 1.79. The molecule has 0 atom stereocenters. The van der Waals surface area contributed by atoms with Crippen LogP contribution in [0.5, 0.6) is 0 Å². The fourth-order valence-electron chi connectivity index (χ4n) is 0.912. The minimum Gasteiger partial charge on any atom is -0.396 e. The van der Waals surface area contributed by atoms with Crippen LogP contribution >= 0.6 is 11.8 Å². The van der Waals surface area contributed by atoms with Gasteiger partial charge in [-0.1, -0.05) is 11.8 Å². The Hall–Kier alpha value is -1.14. The molecule has 0 aliphatic heterocycles. The molecule has 2 rings (SSSR count). The molecule has 0 unspecified atom stereocenters. The molecule has 0 aliphatic rings. The predicted octanol–water partition coefficient (Wildman–Crippen LogP) is 0.209. The first-order chi connectivity index (χ1) is 6.40. The summed E-state index contributed by atoms with van der Waals surface area (Å²) in [4.78, 5) is 8.17. The number of aliphatic hydroxyl groups excluding tert-OH is 1. The zero-order chi connectivity index (χ0) is 9.10. The number of aliphatic hydroxyl groups is 1. The molecule has 2 heterocycles. The van der Waals surface area contributed by atoms with Crippen molar-refractivity contribution in [3.05, 3.63) is 18.5 Å². The third-order valence-electron chi connectivity index (χ3n) is 1.42. The molecule has 0 spiro atoms. The number of thioether (sulfide) groups is 1. The molecule has 0 bridgehead atoms. The second kappa shape index (κ2) is 3.71. The SMILES string of the molecule is OCCSc1nc2ncccn2n1. The molecule has 0 fully saturated rings. The maximum Gasteiger partial charge on any atom is 0.253 e. The Morgan fingerprint density at radius 2 is 2.46 bits per heavy atom. The Balaban J connectivity index is 2.28. The Bertz CT molecular complexity index is 369. The van der Waals surface area contributed by atoms with Crippen LogP contribution in [0.3, 0.4) is 0 Å². The van der Waals surface area contributed by atoms with Gasteiger partial charge in [0.2, 0.25) is 5.16 Å². The van der Waals surface area contributed by atoms with E-state index in [1.54, 1.807) is 23.0 Å². The van der Waals surface area contributed by atoms with Crippen LogP contribution in [0.1, 0.15) is 0 Å². The van der Waals surface area contributed by atoms with E-state index in [0.717, 1.165) is 0 Å². The van der Waals surface area contributed by atoms with Gasteiger partial charge in [0.05, 0.1) is 6.61 Å². The van der Waals surface area contributed by atoms with E-state index in [9.17, 15) is 0 Å². The van der Waals surface area contributed by atoms with Crippen molar-refractivity contribution in [1.29, 1.82) is 0 Å². The van der Waals surface area contributed by atoms with E-state index in [1.807, 2.05) is 0 Å². The third kappa shape index (κ3) is 1.78. The standard InChI is InChI=1S/C7H8N4OS/c12-4-5-13-7-9-6-8-2-1-3-11(6)10-7/h1-3,12H,4-5H2. The molecule has 68 valence electrons. The molecule has 2 aromatic heterocycles. The average molecular weight is 196 g/mol. The van der Waals surface area contributed by atoms with Crippen LogP contribution in [0.2, 0.25) is 0 Å². The van der Waals surface area contributed by atoms with Crippen molar-refractivity contribution in [2.45, 2.75) is 5.16 Å². The minimum atomic E-state index is 0.133. The van der Waals surface area contributed by atoms with Gasteiger partial charge in [0.1, 0.15) is 0 Å². The quantitative estimate of drug-likeness (QED) is 0.711. The molecule has 1 N–H and O–H groups in total. The van der Waals surface area contributed by atoms with Gasteiger partial charge in [-0.2, -0.15) is 4.98 Å². The summed E-state index contributed by atoms with van der Waals surface area (Å²) in [7, 11) is 0. The molecule has 0 saturated heterocycles. The van der Waals surface area contributed by atoms with Crippen LogP contribution in [0.4, 0.5) is 0 Å². The van der Waals surface area contributed by atoms with Gasteiger partial charge in [0, 0.05) is 18.1 Å². The maximum atomic E-state index is 8.60. The van der Waals surface area contributed by atoms with Crippen LogP contribution in [0.25, 0.3) is 5.78 Å². The fourth-order valence-corrected chi connectivity index (χ4v) is 1.48. The van der Waals surface area contributed by atoms with Crippen molar-refractivity contribution >= 4 is 17.5 Å². The summed E-state index contributed by atoms with van der Waals surface area (Å²) in [5, 5.41) is 13.4. The average Bonchev–Trinajstić information content (AvgIpc) is 2.57. The van der Waals surface area contributed by atoms with Gasteiger partial charge in [-0.25, -0.2) is 9.50 Å². The highest BCUT2D eigenvalue weighted by molar-refractivity contribution is 7.99. The summed E-state index contributed by atoms with van der Waals surface area (Å²) >= 11 is 1.41. The van der Waals surface area contributed by atoms with E-state index in [4.69, 9.17) is 5.11 Å². The summed E-state index contributed by atoms with van der Waals surface area (Å²) in [5.74, 6) is 1.19. The minimum absolute atomic E-state index is 0.133. The molecule has 0 amide bonds.